The Bertz CT molecular complexity index is 1810. The van der Waals surface area contributed by atoms with E-state index in [1.165, 1.54) is 24.8 Å². The van der Waals surface area contributed by atoms with Crippen molar-refractivity contribution in [1.29, 1.82) is 0 Å². The van der Waals surface area contributed by atoms with Crippen molar-refractivity contribution in [2.75, 3.05) is 5.32 Å². The molecule has 10 nitrogen and oxygen atoms in total. The molecule has 0 saturated carbocycles. The first-order valence-electron chi connectivity index (χ1n) is 13.3. The highest BCUT2D eigenvalue weighted by molar-refractivity contribution is 6.32. The summed E-state index contributed by atoms with van der Waals surface area (Å²) >= 11 is 6.38. The zero-order chi connectivity index (χ0) is 28.1. The monoisotopic (exact) mass is 570 g/mol. The highest BCUT2D eigenvalue weighted by atomic mass is 35.5. The summed E-state index contributed by atoms with van der Waals surface area (Å²) in [6.07, 6.45) is 9.56. The first kappa shape index (κ1) is 25.3. The molecule has 0 aliphatic carbocycles. The van der Waals surface area contributed by atoms with E-state index in [9.17, 15) is 4.79 Å². The van der Waals surface area contributed by atoms with Crippen molar-refractivity contribution in [3.63, 3.8) is 0 Å². The molecule has 1 unspecified atom stereocenters. The molecular formula is C29H24ClFN8O2. The van der Waals surface area contributed by atoms with Crippen LogP contribution < -0.4 is 10.1 Å². The Morgan fingerprint density at radius 2 is 1.93 bits per heavy atom. The van der Waals surface area contributed by atoms with Crippen LogP contribution in [0.1, 0.15) is 37.3 Å². The van der Waals surface area contributed by atoms with Gasteiger partial charge in [-0.05, 0) is 62.1 Å². The maximum Gasteiger partial charge on any atom is 0.246 e. The van der Waals surface area contributed by atoms with Gasteiger partial charge in [0.1, 0.15) is 34.7 Å². The molecule has 4 aromatic heterocycles. The summed E-state index contributed by atoms with van der Waals surface area (Å²) in [6.45, 7) is 3.66. The Morgan fingerprint density at radius 1 is 1.10 bits per heavy atom. The van der Waals surface area contributed by atoms with Crippen LogP contribution in [0.15, 0.2) is 67.9 Å². The minimum Gasteiger partial charge on any atom is -0.455 e. The van der Waals surface area contributed by atoms with Gasteiger partial charge in [0, 0.05) is 36.0 Å². The molecule has 41 heavy (non-hydrogen) atoms. The van der Waals surface area contributed by atoms with Crippen molar-refractivity contribution in [2.45, 2.75) is 43.7 Å². The number of fused-ring (bicyclic) bond motifs is 4. The second kappa shape index (κ2) is 10.1. The fourth-order valence-electron chi connectivity index (χ4n) is 5.98. The van der Waals surface area contributed by atoms with Gasteiger partial charge < -0.3 is 15.0 Å². The number of nitrogens with zero attached hydrogens (tertiary/aromatic N) is 7. The molecule has 2 saturated heterocycles. The normalized spacial score (nSPS) is 20.0. The summed E-state index contributed by atoms with van der Waals surface area (Å²) in [5.41, 5.74) is 2.77. The molecule has 2 bridgehead atoms. The van der Waals surface area contributed by atoms with Crippen molar-refractivity contribution in [1.82, 2.24) is 34.4 Å². The van der Waals surface area contributed by atoms with Gasteiger partial charge >= 0.3 is 0 Å². The van der Waals surface area contributed by atoms with Crippen LogP contribution >= 0.6 is 11.6 Å². The topological polar surface area (TPSA) is 110 Å². The van der Waals surface area contributed by atoms with Gasteiger partial charge in [-0.25, -0.2) is 28.8 Å². The van der Waals surface area contributed by atoms with Crippen LogP contribution in [0.4, 0.5) is 15.9 Å². The molecule has 2 aliphatic rings. The molecule has 6 heterocycles. The molecule has 2 fully saturated rings. The molecule has 1 amide bonds. The third-order valence-corrected chi connectivity index (χ3v) is 8.22. The van der Waals surface area contributed by atoms with Crippen LogP contribution in [0.5, 0.6) is 11.5 Å². The SMILES string of the molecule is C=CC(=O)N1[C@@H]2CC[C@H]1CC(c1ccc3ncnc(Nc4ccc(Oc5ccn6ncnc6c5)c(Cl)c4F)c3n1)C2. The van der Waals surface area contributed by atoms with Gasteiger partial charge in [-0.3, -0.25) is 4.79 Å². The second-order valence-corrected chi connectivity index (χ2v) is 10.6. The molecule has 1 N–H and O–H groups in total. The summed E-state index contributed by atoms with van der Waals surface area (Å²) in [6, 6.07) is 10.7. The van der Waals surface area contributed by atoms with E-state index in [2.05, 4.69) is 31.9 Å². The lowest BCUT2D eigenvalue weighted by Crippen LogP contribution is -2.45. The van der Waals surface area contributed by atoms with Crippen molar-refractivity contribution >= 4 is 45.7 Å². The lowest BCUT2D eigenvalue weighted by atomic mass is 9.87. The number of hydrogen-bond donors (Lipinski definition) is 1. The maximum absolute atomic E-state index is 15.4. The summed E-state index contributed by atoms with van der Waals surface area (Å²) in [5, 5.41) is 6.91. The predicted octanol–water partition coefficient (Wildman–Crippen LogP) is 5.82. The summed E-state index contributed by atoms with van der Waals surface area (Å²) in [5.74, 6) is 0.460. The van der Waals surface area contributed by atoms with E-state index in [-0.39, 0.29) is 40.4 Å². The molecule has 5 aromatic rings. The molecule has 12 heteroatoms. The van der Waals surface area contributed by atoms with E-state index >= 15 is 4.39 Å². The average molecular weight is 571 g/mol. The summed E-state index contributed by atoms with van der Waals surface area (Å²) in [4.78, 5) is 32.1. The molecule has 206 valence electrons. The van der Waals surface area contributed by atoms with Crippen molar-refractivity contribution in [3.05, 3.63) is 84.4 Å². The van der Waals surface area contributed by atoms with Gasteiger partial charge in [0.15, 0.2) is 17.3 Å². The van der Waals surface area contributed by atoms with Gasteiger partial charge in [-0.1, -0.05) is 18.2 Å². The zero-order valence-corrected chi connectivity index (χ0v) is 22.5. The number of pyridine rings is 2. The largest absolute Gasteiger partial charge is 0.455 e. The third kappa shape index (κ3) is 4.51. The zero-order valence-electron chi connectivity index (χ0n) is 21.7. The van der Waals surface area contributed by atoms with Crippen LogP contribution in [0.2, 0.25) is 5.02 Å². The minimum absolute atomic E-state index is 0.00389. The molecule has 1 aromatic carbocycles. The molecule has 2 aliphatic heterocycles. The van der Waals surface area contributed by atoms with Crippen molar-refractivity contribution in [2.24, 2.45) is 0 Å². The first-order chi connectivity index (χ1) is 20.0. The summed E-state index contributed by atoms with van der Waals surface area (Å²) < 4.78 is 22.9. The van der Waals surface area contributed by atoms with Gasteiger partial charge in [-0.2, -0.15) is 5.10 Å². The Kier molecular flexibility index (Phi) is 6.23. The maximum atomic E-state index is 15.4. The molecule has 0 radical (unpaired) electrons. The van der Waals surface area contributed by atoms with E-state index < -0.39 is 5.82 Å². The Balaban J connectivity index is 1.15. The van der Waals surface area contributed by atoms with Crippen LogP contribution in [0, 0.1) is 5.82 Å². The number of amides is 1. The van der Waals surface area contributed by atoms with E-state index in [1.54, 1.807) is 28.9 Å². The molecule has 7 rings (SSSR count). The number of hydrogen-bond acceptors (Lipinski definition) is 8. The number of carbonyl (C=O) groups excluding carboxylic acids is 1. The van der Waals surface area contributed by atoms with Crippen LogP contribution in [-0.2, 0) is 4.79 Å². The minimum atomic E-state index is -0.688. The van der Waals surface area contributed by atoms with E-state index in [0.29, 0.717) is 28.2 Å². The smallest absolute Gasteiger partial charge is 0.246 e. The van der Waals surface area contributed by atoms with Crippen LogP contribution in [0.25, 0.3) is 16.7 Å². The first-order valence-corrected chi connectivity index (χ1v) is 13.6. The number of ether oxygens (including phenoxy) is 1. The fraction of sp³-hybridized carbons (Fsp3) is 0.241. The quantitative estimate of drug-likeness (QED) is 0.254. The van der Waals surface area contributed by atoms with E-state index in [0.717, 1.165) is 31.4 Å². The van der Waals surface area contributed by atoms with E-state index in [1.807, 2.05) is 17.0 Å². The second-order valence-electron chi connectivity index (χ2n) is 10.2. The van der Waals surface area contributed by atoms with Gasteiger partial charge in [0.25, 0.3) is 0 Å². The Morgan fingerprint density at radius 3 is 2.73 bits per heavy atom. The van der Waals surface area contributed by atoms with E-state index in [4.69, 9.17) is 21.3 Å². The Hall–Kier alpha value is -4.64. The number of halogens is 2. The lowest BCUT2D eigenvalue weighted by molar-refractivity contribution is -0.130. The van der Waals surface area contributed by atoms with Gasteiger partial charge in [0.2, 0.25) is 5.91 Å². The highest BCUT2D eigenvalue weighted by Gasteiger charge is 2.43. The number of aromatic nitrogens is 6. The number of benzene rings is 1. The third-order valence-electron chi connectivity index (χ3n) is 7.86. The number of carbonyl (C=O) groups is 1. The average Bonchev–Trinajstić information content (AvgIpc) is 3.57. The molecule has 0 spiro atoms. The Labute approximate surface area is 238 Å². The van der Waals surface area contributed by atoms with Crippen molar-refractivity contribution in [3.8, 4) is 11.5 Å². The molecular weight excluding hydrogens is 547 g/mol. The number of piperidine rings is 1. The van der Waals surface area contributed by atoms with Crippen LogP contribution in [-0.4, -0.2) is 52.4 Å². The molecule has 3 atom stereocenters. The van der Waals surface area contributed by atoms with Gasteiger partial charge in [-0.15, -0.1) is 0 Å². The van der Waals surface area contributed by atoms with Gasteiger partial charge in [0.05, 0.1) is 11.2 Å². The number of rotatable bonds is 6. The lowest BCUT2D eigenvalue weighted by Gasteiger charge is -2.38. The number of nitrogens with one attached hydrogen (secondary N) is 1. The fourth-order valence-corrected chi connectivity index (χ4v) is 6.18. The predicted molar refractivity (Wildman–Crippen MR) is 151 cm³/mol. The standard InChI is InChI=1S/C29H24ClFN8O2/c1-2-25(40)39-17-3-4-18(39)12-16(11-17)20-5-6-22-28(36-20)29(34-14-32-22)37-21-7-8-23(26(30)27(21)31)41-19-9-10-38-24(13-19)33-15-35-38/h2,5-10,13-18H,1,3-4,11-12H2,(H,32,34,37)/t16?,17-,18+. The number of anilines is 2. The van der Waals surface area contributed by atoms with Crippen LogP contribution in [0.3, 0.4) is 0 Å². The van der Waals surface area contributed by atoms with Crippen molar-refractivity contribution < 1.29 is 13.9 Å². The summed E-state index contributed by atoms with van der Waals surface area (Å²) in [7, 11) is 0. The highest BCUT2D eigenvalue weighted by Crippen LogP contribution is 2.43.